The minimum Gasteiger partial charge on any atom is -0.313 e. The lowest BCUT2D eigenvalue weighted by Gasteiger charge is -2.05. The van der Waals surface area contributed by atoms with Crippen LogP contribution < -0.4 is 5.32 Å². The fraction of sp³-hybridized carbons (Fsp3) is 0.308. The van der Waals surface area contributed by atoms with Crippen molar-refractivity contribution in [3.63, 3.8) is 0 Å². The molecule has 17 heavy (non-hydrogen) atoms. The van der Waals surface area contributed by atoms with E-state index in [0.717, 1.165) is 29.9 Å². The first kappa shape index (κ1) is 11.8. The molecule has 2 aromatic rings. The molecule has 0 bridgehead atoms. The summed E-state index contributed by atoms with van der Waals surface area (Å²) in [4.78, 5) is 0. The van der Waals surface area contributed by atoms with Crippen LogP contribution in [-0.2, 0) is 6.54 Å². The van der Waals surface area contributed by atoms with Gasteiger partial charge in [0.05, 0.1) is 11.9 Å². The lowest BCUT2D eigenvalue weighted by atomic mass is 10.1. The second-order valence-corrected chi connectivity index (χ2v) is 4.01. The van der Waals surface area contributed by atoms with E-state index >= 15 is 0 Å². The van der Waals surface area contributed by atoms with Gasteiger partial charge in [-0.1, -0.05) is 19.1 Å². The van der Waals surface area contributed by atoms with Crippen molar-refractivity contribution in [3.05, 3.63) is 41.3 Å². The third-order valence-corrected chi connectivity index (χ3v) is 2.74. The SMILES string of the molecule is CCNCc1cn[nH]c1-c1ccc(C)c(F)c1. The summed E-state index contributed by atoms with van der Waals surface area (Å²) >= 11 is 0. The highest BCUT2D eigenvalue weighted by Gasteiger charge is 2.08. The zero-order valence-electron chi connectivity index (χ0n) is 10.0. The van der Waals surface area contributed by atoms with Crippen molar-refractivity contribution in [2.45, 2.75) is 20.4 Å². The molecule has 0 saturated heterocycles. The fourth-order valence-corrected chi connectivity index (χ4v) is 1.70. The molecule has 1 aromatic heterocycles. The van der Waals surface area contributed by atoms with Crippen LogP contribution in [0.15, 0.2) is 24.4 Å². The number of hydrogen-bond donors (Lipinski definition) is 2. The van der Waals surface area contributed by atoms with E-state index in [1.807, 2.05) is 13.0 Å². The summed E-state index contributed by atoms with van der Waals surface area (Å²) in [5.74, 6) is -0.188. The van der Waals surface area contributed by atoms with E-state index in [2.05, 4.69) is 15.5 Å². The second-order valence-electron chi connectivity index (χ2n) is 4.01. The van der Waals surface area contributed by atoms with Gasteiger partial charge in [0, 0.05) is 17.7 Å². The summed E-state index contributed by atoms with van der Waals surface area (Å²) in [6.45, 7) is 5.43. The minimum absolute atomic E-state index is 0.188. The molecule has 0 radical (unpaired) electrons. The van der Waals surface area contributed by atoms with Gasteiger partial charge in [0.2, 0.25) is 0 Å². The Kier molecular flexibility index (Phi) is 3.54. The molecule has 0 amide bonds. The van der Waals surface area contributed by atoms with E-state index in [9.17, 15) is 4.39 Å². The molecule has 0 atom stereocenters. The molecule has 0 saturated carbocycles. The van der Waals surface area contributed by atoms with E-state index in [1.54, 1.807) is 19.2 Å². The molecule has 1 aromatic carbocycles. The van der Waals surface area contributed by atoms with Gasteiger partial charge in [-0.2, -0.15) is 5.10 Å². The highest BCUT2D eigenvalue weighted by molar-refractivity contribution is 5.63. The molecule has 0 aliphatic rings. The van der Waals surface area contributed by atoms with Gasteiger partial charge < -0.3 is 5.32 Å². The summed E-state index contributed by atoms with van der Waals surface area (Å²) in [6.07, 6.45) is 1.77. The van der Waals surface area contributed by atoms with Gasteiger partial charge in [0.1, 0.15) is 5.82 Å². The number of nitrogens with zero attached hydrogens (tertiary/aromatic N) is 1. The van der Waals surface area contributed by atoms with Crippen molar-refractivity contribution in [3.8, 4) is 11.3 Å². The van der Waals surface area contributed by atoms with Gasteiger partial charge in [0.15, 0.2) is 0 Å². The number of aromatic nitrogens is 2. The highest BCUT2D eigenvalue weighted by Crippen LogP contribution is 2.23. The Morgan fingerprint density at radius 2 is 2.24 bits per heavy atom. The second kappa shape index (κ2) is 5.10. The summed E-state index contributed by atoms with van der Waals surface area (Å²) in [7, 11) is 0. The molecule has 0 aliphatic heterocycles. The van der Waals surface area contributed by atoms with Gasteiger partial charge in [-0.3, -0.25) is 5.10 Å². The first-order valence-electron chi connectivity index (χ1n) is 5.72. The number of benzene rings is 1. The number of aromatic amines is 1. The van der Waals surface area contributed by atoms with Crippen LogP contribution in [0.1, 0.15) is 18.1 Å². The standard InChI is InChI=1S/C13H16FN3/c1-3-15-7-11-8-16-17-13(11)10-5-4-9(2)12(14)6-10/h4-6,8,15H,3,7H2,1-2H3,(H,16,17). The van der Waals surface area contributed by atoms with Gasteiger partial charge in [-0.15, -0.1) is 0 Å². The maximum absolute atomic E-state index is 13.5. The van der Waals surface area contributed by atoms with Crippen LogP contribution in [0.5, 0.6) is 0 Å². The average Bonchev–Trinajstić information content (AvgIpc) is 2.78. The third-order valence-electron chi connectivity index (χ3n) is 2.74. The number of nitrogens with one attached hydrogen (secondary N) is 2. The topological polar surface area (TPSA) is 40.7 Å². The van der Waals surface area contributed by atoms with Crippen molar-refractivity contribution >= 4 is 0 Å². The fourth-order valence-electron chi connectivity index (χ4n) is 1.70. The van der Waals surface area contributed by atoms with Crippen LogP contribution in [-0.4, -0.2) is 16.7 Å². The van der Waals surface area contributed by atoms with Crippen LogP contribution in [0.3, 0.4) is 0 Å². The smallest absolute Gasteiger partial charge is 0.126 e. The van der Waals surface area contributed by atoms with E-state index in [4.69, 9.17) is 0 Å². The molecule has 2 rings (SSSR count). The lowest BCUT2D eigenvalue weighted by molar-refractivity contribution is 0.619. The summed E-state index contributed by atoms with van der Waals surface area (Å²) < 4.78 is 13.5. The normalized spacial score (nSPS) is 10.8. The van der Waals surface area contributed by atoms with Gasteiger partial charge in [-0.25, -0.2) is 4.39 Å². The maximum Gasteiger partial charge on any atom is 0.126 e. The van der Waals surface area contributed by atoms with Crippen LogP contribution >= 0.6 is 0 Å². The van der Waals surface area contributed by atoms with Crippen LogP contribution in [0.4, 0.5) is 4.39 Å². The Labute approximate surface area is 100 Å². The van der Waals surface area contributed by atoms with E-state index in [0.29, 0.717) is 5.56 Å². The van der Waals surface area contributed by atoms with Crippen molar-refractivity contribution in [1.29, 1.82) is 0 Å². The highest BCUT2D eigenvalue weighted by atomic mass is 19.1. The third kappa shape index (κ3) is 2.53. The van der Waals surface area contributed by atoms with Gasteiger partial charge in [-0.05, 0) is 25.1 Å². The Morgan fingerprint density at radius 1 is 1.41 bits per heavy atom. The predicted molar refractivity (Wildman–Crippen MR) is 66.1 cm³/mol. The van der Waals surface area contributed by atoms with E-state index < -0.39 is 0 Å². The first-order chi connectivity index (χ1) is 8.22. The molecule has 0 unspecified atom stereocenters. The monoisotopic (exact) mass is 233 g/mol. The zero-order chi connectivity index (χ0) is 12.3. The molecular weight excluding hydrogens is 217 g/mol. The van der Waals surface area contributed by atoms with Crippen molar-refractivity contribution in [2.75, 3.05) is 6.54 Å². The minimum atomic E-state index is -0.188. The van der Waals surface area contributed by atoms with Crippen LogP contribution in [0, 0.1) is 12.7 Å². The first-order valence-corrected chi connectivity index (χ1v) is 5.72. The average molecular weight is 233 g/mol. The Balaban J connectivity index is 2.32. The number of rotatable bonds is 4. The molecular formula is C13H16FN3. The summed E-state index contributed by atoms with van der Waals surface area (Å²) in [5.41, 5.74) is 3.42. The Hall–Kier alpha value is -1.68. The van der Waals surface area contributed by atoms with Crippen molar-refractivity contribution in [1.82, 2.24) is 15.5 Å². The van der Waals surface area contributed by atoms with E-state index in [-0.39, 0.29) is 5.82 Å². The quantitative estimate of drug-likeness (QED) is 0.852. The number of aryl methyl sites for hydroxylation is 1. The molecule has 0 fully saturated rings. The van der Waals surface area contributed by atoms with E-state index in [1.165, 1.54) is 6.07 Å². The largest absolute Gasteiger partial charge is 0.313 e. The Morgan fingerprint density at radius 3 is 2.94 bits per heavy atom. The number of H-pyrrole nitrogens is 1. The lowest BCUT2D eigenvalue weighted by Crippen LogP contribution is -2.11. The molecule has 4 heteroatoms. The predicted octanol–water partition coefficient (Wildman–Crippen LogP) is 2.63. The molecule has 3 nitrogen and oxygen atoms in total. The molecule has 2 N–H and O–H groups in total. The molecule has 0 spiro atoms. The zero-order valence-corrected chi connectivity index (χ0v) is 10.0. The number of hydrogen-bond acceptors (Lipinski definition) is 2. The maximum atomic E-state index is 13.5. The molecule has 0 aliphatic carbocycles. The molecule has 90 valence electrons. The molecule has 1 heterocycles. The van der Waals surface area contributed by atoms with Crippen molar-refractivity contribution < 1.29 is 4.39 Å². The summed E-state index contributed by atoms with van der Waals surface area (Å²) in [6, 6.07) is 5.22. The van der Waals surface area contributed by atoms with Gasteiger partial charge >= 0.3 is 0 Å². The van der Waals surface area contributed by atoms with Crippen LogP contribution in [0.2, 0.25) is 0 Å². The van der Waals surface area contributed by atoms with Crippen molar-refractivity contribution in [2.24, 2.45) is 0 Å². The van der Waals surface area contributed by atoms with Gasteiger partial charge in [0.25, 0.3) is 0 Å². The Bertz CT molecular complexity index is 505. The van der Waals surface area contributed by atoms with Crippen LogP contribution in [0.25, 0.3) is 11.3 Å². The summed E-state index contributed by atoms with van der Waals surface area (Å²) in [5, 5.41) is 10.2. The number of halogens is 1.